The second-order valence-electron chi connectivity index (χ2n) is 7.48. The Hall–Kier alpha value is -0.290. The fourth-order valence-corrected chi connectivity index (χ4v) is 3.66. The molecule has 1 saturated carbocycles. The van der Waals surface area contributed by atoms with Gasteiger partial charge in [0.1, 0.15) is 0 Å². The molecule has 1 aliphatic carbocycles. The second-order valence-corrected chi connectivity index (χ2v) is 7.48. The number of ether oxygens (including phenoxy) is 1. The number of rotatable bonds is 6. The average molecular weight is 506 g/mol. The van der Waals surface area contributed by atoms with Gasteiger partial charge in [-0.25, -0.2) is 0 Å². The van der Waals surface area contributed by atoms with Crippen molar-refractivity contribution < 1.29 is 17.9 Å². The Labute approximate surface area is 177 Å². The van der Waals surface area contributed by atoms with E-state index in [0.29, 0.717) is 31.4 Å². The third-order valence-corrected chi connectivity index (χ3v) is 5.06. The second kappa shape index (κ2) is 12.3. The van der Waals surface area contributed by atoms with Gasteiger partial charge in [-0.3, -0.25) is 9.89 Å². The Bertz CT molecular complexity index is 445. The largest absolute Gasteiger partial charge is 0.391 e. The average Bonchev–Trinajstić information content (AvgIpc) is 2.60. The predicted octanol–water partition coefficient (Wildman–Crippen LogP) is 3.25. The zero-order chi connectivity index (χ0) is 19.0. The minimum Gasteiger partial charge on any atom is -0.379 e. The number of aliphatic imine (C=N–C) groups is 1. The monoisotopic (exact) mass is 506 g/mol. The van der Waals surface area contributed by atoms with Gasteiger partial charge in [-0.05, 0) is 32.1 Å². The fourth-order valence-electron chi connectivity index (χ4n) is 3.66. The van der Waals surface area contributed by atoms with E-state index < -0.39 is 12.1 Å². The van der Waals surface area contributed by atoms with Gasteiger partial charge in [0, 0.05) is 38.8 Å². The fraction of sp³-hybridized carbons (Fsp3) is 0.944. The number of alkyl halides is 3. The van der Waals surface area contributed by atoms with Gasteiger partial charge in [-0.15, -0.1) is 24.0 Å². The normalized spacial score (nSPS) is 26.2. The Morgan fingerprint density at radius 1 is 1.26 bits per heavy atom. The molecule has 0 aromatic heterocycles. The smallest absolute Gasteiger partial charge is 0.379 e. The van der Waals surface area contributed by atoms with Gasteiger partial charge in [-0.2, -0.15) is 13.2 Å². The molecule has 3 unspecified atom stereocenters. The summed E-state index contributed by atoms with van der Waals surface area (Å²) in [6.45, 7) is 9.90. The summed E-state index contributed by atoms with van der Waals surface area (Å²) in [6.07, 6.45) is -2.35. The van der Waals surface area contributed by atoms with Crippen LogP contribution in [0.15, 0.2) is 4.99 Å². The van der Waals surface area contributed by atoms with Crippen LogP contribution >= 0.6 is 24.0 Å². The molecule has 2 rings (SSSR count). The van der Waals surface area contributed by atoms with E-state index in [0.717, 1.165) is 39.3 Å². The maximum atomic E-state index is 13.0. The van der Waals surface area contributed by atoms with Gasteiger partial charge in [-0.1, -0.05) is 13.3 Å². The van der Waals surface area contributed by atoms with Gasteiger partial charge in [0.05, 0.1) is 19.1 Å². The highest BCUT2D eigenvalue weighted by atomic mass is 127. The van der Waals surface area contributed by atoms with E-state index in [1.54, 1.807) is 0 Å². The molecular formula is C18H34F3IN4O. The van der Waals surface area contributed by atoms with E-state index in [4.69, 9.17) is 4.74 Å². The minimum absolute atomic E-state index is 0. The lowest BCUT2D eigenvalue weighted by molar-refractivity contribution is -0.183. The summed E-state index contributed by atoms with van der Waals surface area (Å²) in [7, 11) is 0. The topological polar surface area (TPSA) is 48.9 Å². The molecule has 1 aliphatic heterocycles. The molecular weight excluding hydrogens is 472 g/mol. The number of nitrogens with zero attached hydrogens (tertiary/aromatic N) is 2. The molecule has 3 atom stereocenters. The molecule has 5 nitrogen and oxygen atoms in total. The summed E-state index contributed by atoms with van der Waals surface area (Å²) in [5.41, 5.74) is 0. The molecule has 160 valence electrons. The summed E-state index contributed by atoms with van der Waals surface area (Å²) >= 11 is 0. The molecule has 0 aromatic rings. The molecule has 2 fully saturated rings. The summed E-state index contributed by atoms with van der Waals surface area (Å²) < 4.78 is 44.3. The van der Waals surface area contributed by atoms with Crippen LogP contribution in [0.2, 0.25) is 0 Å². The summed E-state index contributed by atoms with van der Waals surface area (Å²) in [5.74, 6) is -0.177. The molecule has 27 heavy (non-hydrogen) atoms. The van der Waals surface area contributed by atoms with Crippen LogP contribution in [0.25, 0.3) is 0 Å². The van der Waals surface area contributed by atoms with Crippen molar-refractivity contribution in [2.24, 2.45) is 16.8 Å². The molecule has 0 aromatic carbocycles. The molecule has 9 heteroatoms. The molecule has 2 aliphatic rings. The van der Waals surface area contributed by atoms with Crippen molar-refractivity contribution in [1.82, 2.24) is 15.5 Å². The number of halogens is 4. The SMILES string of the molecule is CCNC(=NCC(C)CN1CCOCC1)NC1CCCC(C(F)(F)F)C1.I. The maximum absolute atomic E-state index is 13.0. The molecule has 0 spiro atoms. The van der Waals surface area contributed by atoms with Gasteiger partial charge in [0.15, 0.2) is 5.96 Å². The van der Waals surface area contributed by atoms with Crippen molar-refractivity contribution in [3.63, 3.8) is 0 Å². The van der Waals surface area contributed by atoms with Crippen molar-refractivity contribution in [1.29, 1.82) is 0 Å². The molecule has 1 saturated heterocycles. The first kappa shape index (κ1) is 24.7. The Morgan fingerprint density at radius 2 is 1.96 bits per heavy atom. The lowest BCUT2D eigenvalue weighted by Gasteiger charge is -2.32. The maximum Gasteiger partial charge on any atom is 0.391 e. The molecule has 0 radical (unpaired) electrons. The minimum atomic E-state index is -4.09. The lowest BCUT2D eigenvalue weighted by atomic mass is 9.85. The first-order chi connectivity index (χ1) is 12.4. The van der Waals surface area contributed by atoms with Crippen LogP contribution in [0.5, 0.6) is 0 Å². The van der Waals surface area contributed by atoms with Crippen LogP contribution in [-0.4, -0.2) is 69.0 Å². The van der Waals surface area contributed by atoms with Gasteiger partial charge in [0.25, 0.3) is 0 Å². The van der Waals surface area contributed by atoms with Crippen molar-refractivity contribution in [3.05, 3.63) is 0 Å². The predicted molar refractivity (Wildman–Crippen MR) is 113 cm³/mol. The van der Waals surface area contributed by atoms with Gasteiger partial charge >= 0.3 is 6.18 Å². The van der Waals surface area contributed by atoms with Gasteiger partial charge in [0.2, 0.25) is 0 Å². The van der Waals surface area contributed by atoms with Crippen LogP contribution in [-0.2, 0) is 4.74 Å². The van der Waals surface area contributed by atoms with Crippen LogP contribution in [0.4, 0.5) is 13.2 Å². The number of hydrogen-bond donors (Lipinski definition) is 2. The summed E-state index contributed by atoms with van der Waals surface area (Å²) in [4.78, 5) is 6.99. The lowest BCUT2D eigenvalue weighted by Crippen LogP contribution is -2.47. The highest BCUT2D eigenvalue weighted by Gasteiger charge is 2.42. The Balaban J connectivity index is 0.00000364. The van der Waals surface area contributed by atoms with Crippen LogP contribution in [0.1, 0.15) is 39.5 Å². The number of guanidine groups is 1. The Kier molecular flexibility index (Phi) is 11.3. The third kappa shape index (κ3) is 9.17. The zero-order valence-electron chi connectivity index (χ0n) is 16.4. The van der Waals surface area contributed by atoms with Crippen molar-refractivity contribution in [3.8, 4) is 0 Å². The van der Waals surface area contributed by atoms with Crippen molar-refractivity contribution in [2.75, 3.05) is 45.9 Å². The van der Waals surface area contributed by atoms with Crippen LogP contribution in [0.3, 0.4) is 0 Å². The number of hydrogen-bond acceptors (Lipinski definition) is 3. The first-order valence-corrected chi connectivity index (χ1v) is 9.80. The number of morpholine rings is 1. The quantitative estimate of drug-likeness (QED) is 0.330. The van der Waals surface area contributed by atoms with E-state index >= 15 is 0 Å². The van der Waals surface area contributed by atoms with Crippen molar-refractivity contribution in [2.45, 2.75) is 51.7 Å². The summed E-state index contributed by atoms with van der Waals surface area (Å²) in [5, 5.41) is 6.39. The first-order valence-electron chi connectivity index (χ1n) is 9.80. The van der Waals surface area contributed by atoms with Crippen LogP contribution < -0.4 is 10.6 Å². The summed E-state index contributed by atoms with van der Waals surface area (Å²) in [6, 6.07) is -0.164. The van der Waals surface area contributed by atoms with E-state index in [1.807, 2.05) is 6.92 Å². The van der Waals surface area contributed by atoms with E-state index in [-0.39, 0.29) is 42.9 Å². The molecule has 2 N–H and O–H groups in total. The van der Waals surface area contributed by atoms with E-state index in [1.165, 1.54) is 0 Å². The van der Waals surface area contributed by atoms with E-state index in [9.17, 15) is 13.2 Å². The zero-order valence-corrected chi connectivity index (χ0v) is 18.7. The van der Waals surface area contributed by atoms with Crippen molar-refractivity contribution >= 4 is 29.9 Å². The highest BCUT2D eigenvalue weighted by molar-refractivity contribution is 14.0. The van der Waals surface area contributed by atoms with E-state index in [2.05, 4.69) is 27.4 Å². The molecule has 1 heterocycles. The highest BCUT2D eigenvalue weighted by Crippen LogP contribution is 2.37. The molecule has 0 amide bonds. The standard InChI is InChI=1S/C18H33F3N4O.HI/c1-3-22-17(23-12-14(2)13-25-7-9-26-10-8-25)24-16-6-4-5-15(11-16)18(19,20)21;/h14-16H,3-13H2,1-2H3,(H2,22,23,24);1H. The number of nitrogens with one attached hydrogen (secondary N) is 2. The van der Waals surface area contributed by atoms with Gasteiger partial charge < -0.3 is 15.4 Å². The van der Waals surface area contributed by atoms with Crippen LogP contribution in [0, 0.1) is 11.8 Å². The molecule has 0 bridgehead atoms. The Morgan fingerprint density at radius 3 is 2.59 bits per heavy atom. The third-order valence-electron chi connectivity index (χ3n) is 5.06.